The van der Waals surface area contributed by atoms with Crippen molar-refractivity contribution in [3.8, 4) is 0 Å². The Morgan fingerprint density at radius 1 is 1.30 bits per heavy atom. The monoisotopic (exact) mass is 295 g/mol. The third-order valence-electron chi connectivity index (χ3n) is 3.64. The molecular formula is C13H17N3O3S. The number of anilines is 2. The fraction of sp³-hybridized carbons (Fsp3) is 0.462. The highest BCUT2D eigenvalue weighted by atomic mass is 32.2. The molecule has 1 fully saturated rings. The average Bonchev–Trinajstić information content (AvgIpc) is 2.89. The van der Waals surface area contributed by atoms with Crippen LogP contribution in [0.4, 0.5) is 11.4 Å². The highest BCUT2D eigenvalue weighted by molar-refractivity contribution is 7.92. The molecule has 0 saturated carbocycles. The molecule has 0 aliphatic carbocycles. The lowest BCUT2D eigenvalue weighted by Gasteiger charge is -2.30. The quantitative estimate of drug-likeness (QED) is 0.852. The van der Waals surface area contributed by atoms with Gasteiger partial charge in [0.05, 0.1) is 17.1 Å². The topological polar surface area (TPSA) is 78.5 Å². The van der Waals surface area contributed by atoms with Crippen LogP contribution in [0.1, 0.15) is 12.8 Å². The molecule has 3 rings (SSSR count). The number of para-hydroxylation sites is 2. The molecule has 1 unspecified atom stereocenters. The van der Waals surface area contributed by atoms with Crippen LogP contribution < -0.4 is 14.9 Å². The standard InChI is InChI=1S/C13H17N3O3S/c17-13-8-16(12-6-2-1-5-11(12)15-13)20(18,19)9-10-4-3-7-14-10/h1-2,5-6,10,14H,3-4,7-9H2,(H,15,17). The number of nitrogens with zero attached hydrogens (tertiary/aromatic N) is 1. The zero-order valence-electron chi connectivity index (χ0n) is 11.0. The smallest absolute Gasteiger partial charge is 0.245 e. The van der Waals surface area contributed by atoms with E-state index in [-0.39, 0.29) is 24.2 Å². The first-order valence-electron chi connectivity index (χ1n) is 6.69. The van der Waals surface area contributed by atoms with E-state index < -0.39 is 10.0 Å². The van der Waals surface area contributed by atoms with E-state index in [0.717, 1.165) is 19.4 Å². The van der Waals surface area contributed by atoms with Crippen molar-refractivity contribution >= 4 is 27.3 Å². The zero-order valence-corrected chi connectivity index (χ0v) is 11.8. The molecule has 0 spiro atoms. The Morgan fingerprint density at radius 2 is 2.10 bits per heavy atom. The van der Waals surface area contributed by atoms with Crippen LogP contribution in [0.2, 0.25) is 0 Å². The van der Waals surface area contributed by atoms with Gasteiger partial charge < -0.3 is 10.6 Å². The van der Waals surface area contributed by atoms with E-state index in [1.165, 1.54) is 4.31 Å². The lowest BCUT2D eigenvalue weighted by molar-refractivity contribution is -0.115. The molecule has 20 heavy (non-hydrogen) atoms. The maximum absolute atomic E-state index is 12.6. The average molecular weight is 295 g/mol. The summed E-state index contributed by atoms with van der Waals surface area (Å²) in [6.45, 7) is 0.712. The number of amides is 1. The molecular weight excluding hydrogens is 278 g/mol. The summed E-state index contributed by atoms with van der Waals surface area (Å²) in [5, 5.41) is 5.88. The van der Waals surface area contributed by atoms with Crippen molar-refractivity contribution in [3.63, 3.8) is 0 Å². The van der Waals surface area contributed by atoms with Gasteiger partial charge in [0.15, 0.2) is 0 Å². The number of fused-ring (bicyclic) bond motifs is 1. The van der Waals surface area contributed by atoms with Gasteiger partial charge >= 0.3 is 0 Å². The summed E-state index contributed by atoms with van der Waals surface area (Å²) < 4.78 is 26.3. The Labute approximate surface area is 118 Å². The third-order valence-corrected chi connectivity index (χ3v) is 5.46. The van der Waals surface area contributed by atoms with Crippen molar-refractivity contribution in [3.05, 3.63) is 24.3 Å². The van der Waals surface area contributed by atoms with Crippen molar-refractivity contribution in [2.75, 3.05) is 28.5 Å². The molecule has 2 heterocycles. The molecule has 1 saturated heterocycles. The van der Waals surface area contributed by atoms with E-state index in [9.17, 15) is 13.2 Å². The Kier molecular flexibility index (Phi) is 3.39. The van der Waals surface area contributed by atoms with Gasteiger partial charge in [0, 0.05) is 6.04 Å². The number of hydrogen-bond donors (Lipinski definition) is 2. The lowest BCUT2D eigenvalue weighted by atomic mass is 10.2. The van der Waals surface area contributed by atoms with Crippen molar-refractivity contribution in [1.29, 1.82) is 0 Å². The predicted octanol–water partition coefficient (Wildman–Crippen LogP) is 0.527. The lowest BCUT2D eigenvalue weighted by Crippen LogP contribution is -2.46. The van der Waals surface area contributed by atoms with E-state index in [1.54, 1.807) is 24.3 Å². The van der Waals surface area contributed by atoms with Crippen LogP contribution >= 0.6 is 0 Å². The first-order valence-corrected chi connectivity index (χ1v) is 8.30. The van der Waals surface area contributed by atoms with Gasteiger partial charge in [-0.1, -0.05) is 12.1 Å². The molecule has 1 aromatic carbocycles. The first-order chi connectivity index (χ1) is 9.56. The second-order valence-corrected chi connectivity index (χ2v) is 7.08. The second kappa shape index (κ2) is 5.06. The molecule has 2 aliphatic heterocycles. The Morgan fingerprint density at radius 3 is 2.85 bits per heavy atom. The molecule has 6 nitrogen and oxygen atoms in total. The van der Waals surface area contributed by atoms with Crippen LogP contribution in [0.25, 0.3) is 0 Å². The van der Waals surface area contributed by atoms with Crippen LogP contribution in [0.3, 0.4) is 0 Å². The maximum Gasteiger partial charge on any atom is 0.245 e. The maximum atomic E-state index is 12.6. The zero-order chi connectivity index (χ0) is 14.2. The summed E-state index contributed by atoms with van der Waals surface area (Å²) in [5.41, 5.74) is 1.09. The van der Waals surface area contributed by atoms with Crippen LogP contribution in [-0.4, -0.2) is 39.2 Å². The fourth-order valence-corrected chi connectivity index (χ4v) is 4.44. The predicted molar refractivity (Wildman–Crippen MR) is 77.2 cm³/mol. The largest absolute Gasteiger partial charge is 0.323 e. The van der Waals surface area contributed by atoms with Gasteiger partial charge in [-0.3, -0.25) is 9.10 Å². The van der Waals surface area contributed by atoms with Gasteiger partial charge in [-0.15, -0.1) is 0 Å². The van der Waals surface area contributed by atoms with E-state index in [4.69, 9.17) is 0 Å². The fourth-order valence-electron chi connectivity index (χ4n) is 2.69. The minimum Gasteiger partial charge on any atom is -0.323 e. The van der Waals surface area contributed by atoms with Gasteiger partial charge in [0.2, 0.25) is 15.9 Å². The number of carbonyl (C=O) groups is 1. The summed E-state index contributed by atoms with van der Waals surface area (Å²) in [7, 11) is -3.50. The highest BCUT2D eigenvalue weighted by Gasteiger charge is 2.33. The number of carbonyl (C=O) groups excluding carboxylic acids is 1. The summed E-state index contributed by atoms with van der Waals surface area (Å²) in [6.07, 6.45) is 1.86. The second-order valence-electron chi connectivity index (χ2n) is 5.14. The van der Waals surface area contributed by atoms with Gasteiger partial charge in [-0.05, 0) is 31.5 Å². The number of hydrogen-bond acceptors (Lipinski definition) is 4. The van der Waals surface area contributed by atoms with E-state index in [0.29, 0.717) is 11.4 Å². The van der Waals surface area contributed by atoms with E-state index in [2.05, 4.69) is 10.6 Å². The van der Waals surface area contributed by atoms with Crippen LogP contribution in [-0.2, 0) is 14.8 Å². The van der Waals surface area contributed by atoms with Crippen LogP contribution in [0, 0.1) is 0 Å². The van der Waals surface area contributed by atoms with Crippen molar-refractivity contribution in [2.24, 2.45) is 0 Å². The summed E-state index contributed by atoms with van der Waals surface area (Å²) >= 11 is 0. The molecule has 2 aliphatic rings. The van der Waals surface area contributed by atoms with Crippen molar-refractivity contribution < 1.29 is 13.2 Å². The first kappa shape index (κ1) is 13.4. The molecule has 108 valence electrons. The molecule has 7 heteroatoms. The SMILES string of the molecule is O=C1CN(S(=O)(=O)CC2CCCN2)c2ccccc2N1. The molecule has 1 atom stereocenters. The molecule has 1 amide bonds. The normalized spacial score (nSPS) is 22.5. The van der Waals surface area contributed by atoms with Crippen molar-refractivity contribution in [1.82, 2.24) is 5.32 Å². The molecule has 0 aromatic heterocycles. The van der Waals surface area contributed by atoms with Crippen molar-refractivity contribution in [2.45, 2.75) is 18.9 Å². The highest BCUT2D eigenvalue weighted by Crippen LogP contribution is 2.31. The Balaban J connectivity index is 1.90. The summed E-state index contributed by atoms with van der Waals surface area (Å²) in [6, 6.07) is 6.95. The number of nitrogens with one attached hydrogen (secondary N) is 2. The van der Waals surface area contributed by atoms with Gasteiger partial charge in [0.1, 0.15) is 6.54 Å². The van der Waals surface area contributed by atoms with Crippen LogP contribution in [0.5, 0.6) is 0 Å². The number of rotatable bonds is 3. The molecule has 0 radical (unpaired) electrons. The van der Waals surface area contributed by atoms with Crippen LogP contribution in [0.15, 0.2) is 24.3 Å². The van der Waals surface area contributed by atoms with E-state index >= 15 is 0 Å². The Hall–Kier alpha value is -1.60. The van der Waals surface area contributed by atoms with Gasteiger partial charge in [0.25, 0.3) is 0 Å². The number of sulfonamides is 1. The summed E-state index contributed by atoms with van der Waals surface area (Å²) in [4.78, 5) is 11.7. The minimum atomic E-state index is -3.50. The van der Waals surface area contributed by atoms with Gasteiger partial charge in [-0.25, -0.2) is 8.42 Å². The molecule has 2 N–H and O–H groups in total. The molecule has 1 aromatic rings. The van der Waals surface area contributed by atoms with E-state index in [1.807, 2.05) is 0 Å². The minimum absolute atomic E-state index is 0.0165. The third kappa shape index (κ3) is 2.51. The Bertz CT molecular complexity index is 624. The summed E-state index contributed by atoms with van der Waals surface area (Å²) in [5.74, 6) is -0.263. The van der Waals surface area contributed by atoms with Gasteiger partial charge in [-0.2, -0.15) is 0 Å². The number of benzene rings is 1. The molecule has 0 bridgehead atoms.